The van der Waals surface area contributed by atoms with Crippen molar-refractivity contribution >= 4 is 22.5 Å². The van der Waals surface area contributed by atoms with Crippen molar-refractivity contribution in [2.45, 2.75) is 0 Å². The summed E-state index contributed by atoms with van der Waals surface area (Å²) in [6, 6.07) is 3.20. The van der Waals surface area contributed by atoms with Crippen LogP contribution < -0.4 is 5.56 Å². The van der Waals surface area contributed by atoms with Crippen molar-refractivity contribution in [3.8, 4) is 0 Å². The molecule has 13 heavy (non-hydrogen) atoms. The summed E-state index contributed by atoms with van der Waals surface area (Å²) in [4.78, 5) is 15.2. The van der Waals surface area contributed by atoms with Crippen LogP contribution in [0.5, 0.6) is 0 Å². The quantitative estimate of drug-likeness (QED) is 0.639. The van der Waals surface area contributed by atoms with Crippen LogP contribution >= 0.6 is 11.6 Å². The van der Waals surface area contributed by atoms with Crippen molar-refractivity contribution in [3.05, 3.63) is 39.9 Å². The molecule has 0 aliphatic carbocycles. The Hall–Kier alpha value is -1.35. The maximum absolute atomic E-state index is 11.3. The Balaban J connectivity index is 3.06. The highest BCUT2D eigenvalue weighted by molar-refractivity contribution is 6.35. The monoisotopic (exact) mass is 194 g/mol. The molecule has 0 N–H and O–H groups in total. The zero-order chi connectivity index (χ0) is 9.42. The Kier molecular flexibility index (Phi) is 1.81. The minimum atomic E-state index is -0.120. The molecule has 0 aromatic carbocycles. The van der Waals surface area contributed by atoms with Gasteiger partial charge in [-0.1, -0.05) is 11.6 Å². The molecule has 2 rings (SSSR count). The van der Waals surface area contributed by atoms with Gasteiger partial charge in [-0.25, -0.2) is 0 Å². The molecule has 0 aliphatic heterocycles. The van der Waals surface area contributed by atoms with Crippen LogP contribution in [-0.2, 0) is 7.05 Å². The Morgan fingerprint density at radius 1 is 1.54 bits per heavy atom. The van der Waals surface area contributed by atoms with E-state index in [2.05, 4.69) is 4.98 Å². The third kappa shape index (κ3) is 1.21. The minimum Gasteiger partial charge on any atom is -0.310 e. The van der Waals surface area contributed by atoms with Gasteiger partial charge in [-0.05, 0) is 6.07 Å². The second-order valence-electron chi connectivity index (χ2n) is 2.78. The van der Waals surface area contributed by atoms with Crippen LogP contribution in [0.1, 0.15) is 0 Å². The number of aryl methyl sites for hydroxylation is 1. The average molecular weight is 195 g/mol. The molecule has 0 amide bonds. The van der Waals surface area contributed by atoms with E-state index in [1.807, 2.05) is 0 Å². The predicted molar refractivity (Wildman–Crippen MR) is 52.0 cm³/mol. The third-order valence-corrected chi connectivity index (χ3v) is 2.31. The molecule has 0 radical (unpaired) electrons. The minimum absolute atomic E-state index is 0.120. The van der Waals surface area contributed by atoms with E-state index in [1.165, 1.54) is 10.6 Å². The Morgan fingerprint density at radius 3 is 3.08 bits per heavy atom. The molecule has 2 heterocycles. The first kappa shape index (κ1) is 8.26. The maximum atomic E-state index is 11.3. The van der Waals surface area contributed by atoms with Gasteiger partial charge in [-0.2, -0.15) is 0 Å². The fraction of sp³-hybridized carbons (Fsp3) is 0.111. The molecule has 0 aliphatic rings. The average Bonchev–Trinajstić information content (AvgIpc) is 2.15. The van der Waals surface area contributed by atoms with Crippen LogP contribution in [0, 0.1) is 0 Å². The molecule has 0 atom stereocenters. The molecule has 0 fully saturated rings. The summed E-state index contributed by atoms with van der Waals surface area (Å²) < 4.78 is 1.52. The summed E-state index contributed by atoms with van der Waals surface area (Å²) in [5.74, 6) is 0. The smallest absolute Gasteiger partial charge is 0.252 e. The molecule has 3 nitrogen and oxygen atoms in total. The van der Waals surface area contributed by atoms with Crippen molar-refractivity contribution in [1.29, 1.82) is 0 Å². The molecule has 0 saturated carbocycles. The number of hydrogen-bond donors (Lipinski definition) is 0. The first-order valence-corrected chi connectivity index (χ1v) is 4.17. The van der Waals surface area contributed by atoms with Gasteiger partial charge in [0.15, 0.2) is 0 Å². The first-order valence-electron chi connectivity index (χ1n) is 3.79. The zero-order valence-electron chi connectivity index (χ0n) is 6.99. The summed E-state index contributed by atoms with van der Waals surface area (Å²) in [5, 5.41) is 1.32. The molecule has 0 bridgehead atoms. The molecule has 2 aromatic heterocycles. The lowest BCUT2D eigenvalue weighted by Crippen LogP contribution is -2.15. The topological polar surface area (TPSA) is 34.9 Å². The number of pyridine rings is 2. The van der Waals surface area contributed by atoms with E-state index in [0.717, 1.165) is 10.9 Å². The summed E-state index contributed by atoms with van der Waals surface area (Å²) >= 11 is 5.89. The molecule has 4 heteroatoms. The van der Waals surface area contributed by atoms with E-state index >= 15 is 0 Å². The highest BCUT2D eigenvalue weighted by Crippen LogP contribution is 2.18. The lowest BCUT2D eigenvalue weighted by atomic mass is 10.2. The van der Waals surface area contributed by atoms with Gasteiger partial charge in [0.1, 0.15) is 0 Å². The highest BCUT2D eigenvalue weighted by atomic mass is 35.5. The van der Waals surface area contributed by atoms with Crippen LogP contribution in [0.15, 0.2) is 29.3 Å². The molecular weight excluding hydrogens is 188 g/mol. The van der Waals surface area contributed by atoms with Crippen molar-refractivity contribution < 1.29 is 0 Å². The number of halogens is 1. The van der Waals surface area contributed by atoms with Gasteiger partial charge in [0.25, 0.3) is 5.56 Å². The van der Waals surface area contributed by atoms with Crippen LogP contribution in [0.2, 0.25) is 5.02 Å². The molecule has 0 saturated heterocycles. The van der Waals surface area contributed by atoms with Gasteiger partial charge in [-0.3, -0.25) is 9.78 Å². The van der Waals surface area contributed by atoms with E-state index in [1.54, 1.807) is 25.5 Å². The van der Waals surface area contributed by atoms with Crippen molar-refractivity contribution in [2.24, 2.45) is 7.05 Å². The van der Waals surface area contributed by atoms with Crippen molar-refractivity contribution in [2.75, 3.05) is 0 Å². The fourth-order valence-electron chi connectivity index (χ4n) is 1.26. The first-order chi connectivity index (χ1) is 6.20. The molecule has 0 spiro atoms. The van der Waals surface area contributed by atoms with Gasteiger partial charge in [-0.15, -0.1) is 0 Å². The molecule has 2 aromatic rings. The lowest BCUT2D eigenvalue weighted by Gasteiger charge is -2.04. The van der Waals surface area contributed by atoms with E-state index in [9.17, 15) is 4.79 Å². The summed E-state index contributed by atoms with van der Waals surface area (Å²) in [6.45, 7) is 0. The van der Waals surface area contributed by atoms with E-state index in [4.69, 9.17) is 11.6 Å². The molecular formula is C9H7ClN2O. The Bertz CT molecular complexity index is 518. The third-order valence-electron chi connectivity index (χ3n) is 2.00. The second-order valence-corrected chi connectivity index (χ2v) is 3.19. The van der Waals surface area contributed by atoms with E-state index in [0.29, 0.717) is 5.02 Å². The van der Waals surface area contributed by atoms with Crippen molar-refractivity contribution in [1.82, 2.24) is 9.55 Å². The highest BCUT2D eigenvalue weighted by Gasteiger charge is 2.03. The number of rotatable bonds is 0. The van der Waals surface area contributed by atoms with Crippen LogP contribution in [0.25, 0.3) is 10.9 Å². The van der Waals surface area contributed by atoms with Crippen LogP contribution in [-0.4, -0.2) is 9.55 Å². The normalized spacial score (nSPS) is 10.6. The lowest BCUT2D eigenvalue weighted by molar-refractivity contribution is 0.903. The number of hydrogen-bond acceptors (Lipinski definition) is 2. The summed E-state index contributed by atoms with van der Waals surface area (Å²) in [5.41, 5.74) is 0.630. The standard InChI is InChI=1S/C9H7ClN2O/c1-12-8-5-11-3-2-6(8)7(10)4-9(12)13/h2-5H,1H3. The number of fused-ring (bicyclic) bond motifs is 1. The summed E-state index contributed by atoms with van der Waals surface area (Å²) in [6.07, 6.45) is 3.28. The maximum Gasteiger partial charge on any atom is 0.252 e. The molecule has 66 valence electrons. The van der Waals surface area contributed by atoms with Gasteiger partial charge >= 0.3 is 0 Å². The summed E-state index contributed by atoms with van der Waals surface area (Å²) in [7, 11) is 1.70. The van der Waals surface area contributed by atoms with Gasteiger partial charge < -0.3 is 4.57 Å². The molecule has 0 unspecified atom stereocenters. The SMILES string of the molecule is Cn1c(=O)cc(Cl)c2ccncc21. The van der Waals surface area contributed by atoms with Gasteiger partial charge in [0.2, 0.25) is 0 Å². The van der Waals surface area contributed by atoms with E-state index in [-0.39, 0.29) is 5.56 Å². The fourth-order valence-corrected chi connectivity index (χ4v) is 1.51. The zero-order valence-corrected chi connectivity index (χ0v) is 7.75. The van der Waals surface area contributed by atoms with Crippen LogP contribution in [0.4, 0.5) is 0 Å². The largest absolute Gasteiger partial charge is 0.310 e. The van der Waals surface area contributed by atoms with Gasteiger partial charge in [0.05, 0.1) is 16.7 Å². The number of aromatic nitrogens is 2. The Morgan fingerprint density at radius 2 is 2.31 bits per heavy atom. The Labute approximate surface area is 79.6 Å². The predicted octanol–water partition coefficient (Wildman–Crippen LogP) is 1.59. The van der Waals surface area contributed by atoms with Gasteiger partial charge in [0, 0.05) is 24.7 Å². The number of nitrogens with zero attached hydrogens (tertiary/aromatic N) is 2. The second kappa shape index (κ2) is 2.85. The van der Waals surface area contributed by atoms with Crippen LogP contribution in [0.3, 0.4) is 0 Å². The van der Waals surface area contributed by atoms with E-state index < -0.39 is 0 Å². The van der Waals surface area contributed by atoms with Crippen molar-refractivity contribution in [3.63, 3.8) is 0 Å².